The van der Waals surface area contributed by atoms with Crippen LogP contribution in [0.4, 0.5) is 5.69 Å². The van der Waals surface area contributed by atoms with E-state index in [2.05, 4.69) is 39.5 Å². The number of nitrogens with zero attached hydrogens (tertiary/aromatic N) is 1. The predicted octanol–water partition coefficient (Wildman–Crippen LogP) is 11.7. The summed E-state index contributed by atoms with van der Waals surface area (Å²) in [6.07, 6.45) is 14.6. The first-order valence-electron chi connectivity index (χ1n) is 17.2. The van der Waals surface area contributed by atoms with Crippen LogP contribution in [0, 0.1) is 29.1 Å². The van der Waals surface area contributed by atoms with E-state index in [1.165, 1.54) is 49.8 Å². The third kappa shape index (κ3) is 25.2. The number of rotatable bonds is 12. The van der Waals surface area contributed by atoms with Crippen LogP contribution in [-0.4, -0.2) is 37.2 Å². The summed E-state index contributed by atoms with van der Waals surface area (Å²) in [5.41, 5.74) is 1.25. The molecule has 1 atom stereocenters. The topological polar surface area (TPSA) is 66.8 Å². The number of thiophene rings is 1. The number of hydrogen-bond acceptors (Lipinski definition) is 4. The van der Waals surface area contributed by atoms with Gasteiger partial charge >= 0.3 is 5.97 Å². The average Bonchev–Trinajstić information content (AvgIpc) is 3.44. The number of allylic oxidation sites excluding steroid dienone is 1. The fourth-order valence-corrected chi connectivity index (χ4v) is 4.82. The molecular formula is C38H69NO4S. The normalized spacial score (nSPS) is 13.4. The van der Waals surface area contributed by atoms with E-state index in [4.69, 9.17) is 4.74 Å². The van der Waals surface area contributed by atoms with Crippen molar-refractivity contribution in [1.29, 1.82) is 0 Å². The van der Waals surface area contributed by atoms with E-state index in [1.54, 1.807) is 6.07 Å². The number of amides is 1. The van der Waals surface area contributed by atoms with Crippen molar-refractivity contribution in [3.8, 4) is 11.8 Å². The van der Waals surface area contributed by atoms with Crippen molar-refractivity contribution in [2.75, 3.05) is 24.7 Å². The molecular weight excluding hydrogens is 566 g/mol. The minimum absolute atomic E-state index is 0.139. The second kappa shape index (κ2) is 29.6. The second-order valence-corrected chi connectivity index (χ2v) is 13.0. The predicted molar refractivity (Wildman–Crippen MR) is 195 cm³/mol. The Balaban J connectivity index is -0.000000655. The van der Waals surface area contributed by atoms with Crippen molar-refractivity contribution in [1.82, 2.24) is 0 Å². The quantitative estimate of drug-likeness (QED) is 0.107. The van der Waals surface area contributed by atoms with Gasteiger partial charge in [-0.05, 0) is 64.9 Å². The Labute approximate surface area is 277 Å². The van der Waals surface area contributed by atoms with Crippen LogP contribution in [0.5, 0.6) is 0 Å². The van der Waals surface area contributed by atoms with Crippen LogP contribution in [0.15, 0.2) is 17.7 Å². The lowest BCUT2D eigenvalue weighted by Gasteiger charge is -2.17. The van der Waals surface area contributed by atoms with E-state index >= 15 is 0 Å². The molecule has 1 aromatic heterocycles. The molecule has 1 saturated carbocycles. The maximum Gasteiger partial charge on any atom is 0.348 e. The van der Waals surface area contributed by atoms with Gasteiger partial charge in [-0.25, -0.2) is 4.79 Å². The summed E-state index contributed by atoms with van der Waals surface area (Å²) >= 11 is 1.10. The molecule has 0 aliphatic heterocycles. The Morgan fingerprint density at radius 3 is 2.11 bits per heavy atom. The van der Waals surface area contributed by atoms with Crippen LogP contribution in [0.3, 0.4) is 0 Å². The zero-order valence-electron chi connectivity index (χ0n) is 30.9. The number of carbonyl (C=O) groups is 2. The Morgan fingerprint density at radius 1 is 1.11 bits per heavy atom. The molecule has 5 nitrogen and oxygen atoms in total. The smallest absolute Gasteiger partial charge is 0.348 e. The van der Waals surface area contributed by atoms with E-state index < -0.39 is 5.97 Å². The molecule has 1 N–H and O–H groups in total. The van der Waals surface area contributed by atoms with Crippen molar-refractivity contribution in [2.45, 2.75) is 148 Å². The van der Waals surface area contributed by atoms with Gasteiger partial charge in [-0.15, -0.1) is 11.3 Å². The number of carbonyl (C=O) groups excluding carboxylic acids is 1. The highest BCUT2D eigenvalue weighted by molar-refractivity contribution is 7.15. The molecule has 1 fully saturated rings. The summed E-state index contributed by atoms with van der Waals surface area (Å²) in [6, 6.07) is 1.68. The maximum absolute atomic E-state index is 11.5. The lowest BCUT2D eigenvalue weighted by atomic mass is 9.91. The molecule has 0 spiro atoms. The molecule has 1 aliphatic carbocycles. The van der Waals surface area contributed by atoms with Crippen molar-refractivity contribution in [2.24, 2.45) is 17.3 Å². The monoisotopic (exact) mass is 635 g/mol. The van der Waals surface area contributed by atoms with Gasteiger partial charge in [-0.2, -0.15) is 0 Å². The van der Waals surface area contributed by atoms with E-state index in [1.807, 2.05) is 68.4 Å². The standard InChI is InChI=1S/C18H23NO3S.C9H20O.C7H14.2C2H6/c1-6-7-13(2)11-19(12-20)15-10-14(8-9-18(3,4)5)23-16(15)17(21)22;1-4-7-10-8-6-9(3)5-2;1-7-5-3-2-4-6-7;2*1-2/h7,10,12H,6,11H2,1-5H3,(H,21,22);9H,4-8H2,1-3H3;7H,2-6H2,1H3;2*1-2H3/b13-7-;;;;. The van der Waals surface area contributed by atoms with Crippen LogP contribution >= 0.6 is 11.3 Å². The molecule has 2 rings (SSSR count). The summed E-state index contributed by atoms with van der Waals surface area (Å²) in [5, 5.41) is 9.39. The first-order chi connectivity index (χ1) is 20.9. The van der Waals surface area contributed by atoms with E-state index in [9.17, 15) is 14.7 Å². The number of aromatic carboxylic acids is 1. The van der Waals surface area contributed by atoms with Gasteiger partial charge in [0, 0.05) is 25.2 Å². The van der Waals surface area contributed by atoms with Crippen LogP contribution in [0.25, 0.3) is 0 Å². The van der Waals surface area contributed by atoms with Crippen molar-refractivity contribution in [3.05, 3.63) is 27.5 Å². The molecule has 256 valence electrons. The zero-order valence-corrected chi connectivity index (χ0v) is 31.7. The molecule has 1 unspecified atom stereocenters. The Morgan fingerprint density at radius 2 is 1.70 bits per heavy atom. The highest BCUT2D eigenvalue weighted by Crippen LogP contribution is 2.30. The summed E-state index contributed by atoms with van der Waals surface area (Å²) in [4.78, 5) is 25.1. The van der Waals surface area contributed by atoms with E-state index in [0.717, 1.165) is 54.8 Å². The van der Waals surface area contributed by atoms with Gasteiger partial charge in [0.25, 0.3) is 0 Å². The molecule has 0 radical (unpaired) electrons. The SMILES string of the molecule is CC.CC.CC/C=C(/C)CN(C=O)c1cc(C#CC(C)(C)C)sc1C(=O)O.CC1CCCCC1.CCCOCCC(C)CC. The number of ether oxygens (including phenoxy) is 1. The fourth-order valence-electron chi connectivity index (χ4n) is 3.96. The van der Waals surface area contributed by atoms with Crippen LogP contribution in [-0.2, 0) is 9.53 Å². The molecule has 1 heterocycles. The van der Waals surface area contributed by atoms with Crippen molar-refractivity contribution < 1.29 is 19.4 Å². The minimum atomic E-state index is -1.04. The van der Waals surface area contributed by atoms with Crippen molar-refractivity contribution in [3.63, 3.8) is 0 Å². The molecule has 1 aromatic rings. The molecule has 0 aromatic carbocycles. The summed E-state index contributed by atoms with van der Waals surface area (Å²) in [7, 11) is 0. The van der Waals surface area contributed by atoms with Crippen LogP contribution in [0.2, 0.25) is 0 Å². The Kier molecular flexibility index (Phi) is 31.2. The summed E-state index contributed by atoms with van der Waals surface area (Å²) < 4.78 is 5.36. The fraction of sp³-hybridized carbons (Fsp3) is 0.737. The maximum atomic E-state index is 11.5. The highest BCUT2D eigenvalue weighted by Gasteiger charge is 2.20. The lowest BCUT2D eigenvalue weighted by molar-refractivity contribution is -0.107. The van der Waals surface area contributed by atoms with Gasteiger partial charge < -0.3 is 14.7 Å². The average molecular weight is 636 g/mol. The molecule has 6 heteroatoms. The minimum Gasteiger partial charge on any atom is -0.477 e. The van der Waals surface area contributed by atoms with E-state index in [-0.39, 0.29) is 10.3 Å². The van der Waals surface area contributed by atoms with Crippen molar-refractivity contribution >= 4 is 29.4 Å². The lowest BCUT2D eigenvalue weighted by Crippen LogP contribution is -2.24. The third-order valence-corrected chi connectivity index (χ3v) is 7.60. The molecule has 1 amide bonds. The van der Waals surface area contributed by atoms with Crippen LogP contribution < -0.4 is 4.90 Å². The van der Waals surface area contributed by atoms with E-state index in [0.29, 0.717) is 23.5 Å². The molecule has 44 heavy (non-hydrogen) atoms. The zero-order chi connectivity index (χ0) is 34.6. The van der Waals surface area contributed by atoms with Gasteiger partial charge in [-0.3, -0.25) is 4.79 Å². The summed E-state index contributed by atoms with van der Waals surface area (Å²) in [5.74, 6) is 6.91. The Hall–Kier alpha value is -2.10. The first kappa shape index (κ1) is 46.3. The number of hydrogen-bond donors (Lipinski definition) is 1. The van der Waals surface area contributed by atoms with Gasteiger partial charge in [-0.1, -0.05) is 124 Å². The number of anilines is 1. The number of carboxylic acid groups (broad SMARTS) is 1. The molecule has 0 bridgehead atoms. The third-order valence-electron chi connectivity index (χ3n) is 6.57. The van der Waals surface area contributed by atoms with Gasteiger partial charge in [0.05, 0.1) is 10.6 Å². The summed E-state index contributed by atoms with van der Waals surface area (Å²) in [6.45, 7) is 29.2. The van der Waals surface area contributed by atoms with Gasteiger partial charge in [0.2, 0.25) is 6.41 Å². The molecule has 1 aliphatic rings. The van der Waals surface area contributed by atoms with Gasteiger partial charge in [0.15, 0.2) is 0 Å². The second-order valence-electron chi connectivity index (χ2n) is 12.0. The Bertz CT molecular complexity index is 927. The largest absolute Gasteiger partial charge is 0.477 e. The molecule has 0 saturated heterocycles. The first-order valence-corrected chi connectivity index (χ1v) is 18.1. The van der Waals surface area contributed by atoms with Crippen LogP contribution in [0.1, 0.15) is 162 Å². The number of carboxylic acids is 1. The van der Waals surface area contributed by atoms with Gasteiger partial charge in [0.1, 0.15) is 4.88 Å². The highest BCUT2D eigenvalue weighted by atomic mass is 32.1.